The van der Waals surface area contributed by atoms with Crippen molar-refractivity contribution in [1.82, 2.24) is 9.97 Å². The molecule has 26 heavy (non-hydrogen) atoms. The van der Waals surface area contributed by atoms with E-state index in [0.29, 0.717) is 12.2 Å². The first-order valence-corrected chi connectivity index (χ1v) is 8.76. The number of aromatic nitrogens is 2. The number of hydrogen-bond acceptors (Lipinski definition) is 6. The van der Waals surface area contributed by atoms with Gasteiger partial charge in [-0.15, -0.1) is 0 Å². The fraction of sp³-hybridized carbons (Fsp3) is 0.550. The van der Waals surface area contributed by atoms with Crippen LogP contribution in [0, 0.1) is 6.92 Å². The number of aliphatic hydroxyl groups excluding tert-OH is 1. The van der Waals surface area contributed by atoms with Crippen LogP contribution in [0.4, 0.5) is 5.82 Å². The maximum atomic E-state index is 9.13. The second kappa shape index (κ2) is 14.0. The maximum Gasteiger partial charge on any atom is 0.136 e. The molecule has 5 N–H and O–H groups in total. The van der Waals surface area contributed by atoms with Crippen molar-refractivity contribution in [1.29, 1.82) is 0 Å². The molecule has 0 fully saturated rings. The molecule has 0 bridgehead atoms. The monoisotopic (exact) mass is 363 g/mol. The lowest BCUT2D eigenvalue weighted by molar-refractivity contribution is 0.412. The van der Waals surface area contributed by atoms with Gasteiger partial charge in [-0.25, -0.2) is 9.97 Å². The van der Waals surface area contributed by atoms with Crippen LogP contribution in [-0.4, -0.2) is 33.4 Å². The number of hydrogen-bond donors (Lipinski definition) is 3. The molecule has 0 aromatic carbocycles. The second-order valence-electron chi connectivity index (χ2n) is 6.78. The highest BCUT2D eigenvalue weighted by Crippen LogP contribution is 2.15. The molecule has 0 unspecified atom stereocenters. The van der Waals surface area contributed by atoms with Crippen molar-refractivity contribution in [3.63, 3.8) is 0 Å². The summed E-state index contributed by atoms with van der Waals surface area (Å²) in [4.78, 5) is 12.2. The summed E-state index contributed by atoms with van der Waals surface area (Å²) in [6.07, 6.45) is 8.95. The van der Waals surface area contributed by atoms with Crippen LogP contribution in [0.1, 0.15) is 65.6 Å². The first-order valence-electron chi connectivity index (χ1n) is 8.76. The summed E-state index contributed by atoms with van der Waals surface area (Å²) in [5.41, 5.74) is 13.5. The first-order chi connectivity index (χ1) is 12.0. The van der Waals surface area contributed by atoms with Crippen molar-refractivity contribution in [2.45, 2.75) is 66.8 Å². The van der Waals surface area contributed by atoms with E-state index in [9.17, 15) is 0 Å². The molecular formula is C20H37N5O. The Bertz CT molecular complexity index is 568. The fourth-order valence-corrected chi connectivity index (χ4v) is 1.63. The minimum atomic E-state index is 0. The fourth-order valence-electron chi connectivity index (χ4n) is 1.63. The van der Waals surface area contributed by atoms with Crippen LogP contribution in [0.15, 0.2) is 35.3 Å². The second-order valence-corrected chi connectivity index (χ2v) is 6.78. The van der Waals surface area contributed by atoms with Crippen molar-refractivity contribution in [3.05, 3.63) is 41.6 Å². The lowest BCUT2D eigenvalue weighted by Gasteiger charge is -2.08. The molecule has 6 nitrogen and oxygen atoms in total. The minimum Gasteiger partial charge on any atom is -0.513 e. The first kappa shape index (κ1) is 26.0. The molecule has 6 heteroatoms. The van der Waals surface area contributed by atoms with Gasteiger partial charge < -0.3 is 16.6 Å². The molecule has 1 aromatic rings. The van der Waals surface area contributed by atoms with Crippen LogP contribution in [0.5, 0.6) is 0 Å². The zero-order valence-corrected chi connectivity index (χ0v) is 17.7. The van der Waals surface area contributed by atoms with Gasteiger partial charge in [0.05, 0.1) is 22.7 Å². The molecule has 1 rings (SSSR count). The van der Waals surface area contributed by atoms with Gasteiger partial charge in [0.25, 0.3) is 0 Å². The van der Waals surface area contributed by atoms with E-state index < -0.39 is 0 Å². The third kappa shape index (κ3) is 15.3. The summed E-state index contributed by atoms with van der Waals surface area (Å²) >= 11 is 0. The molecule has 1 heterocycles. The van der Waals surface area contributed by atoms with Gasteiger partial charge in [0.1, 0.15) is 12.1 Å². The Balaban J connectivity index is 0. The SMILES string of the molecule is C/C=C\CC.CC(C)(C)N.CN=C(C/C=C(/C)O)c1c(C)ncnc1N. The van der Waals surface area contributed by atoms with Crippen molar-refractivity contribution in [3.8, 4) is 0 Å². The number of aliphatic hydroxyl groups is 1. The number of nitrogens with zero attached hydrogens (tertiary/aromatic N) is 3. The van der Waals surface area contributed by atoms with E-state index in [1.165, 1.54) is 6.33 Å². The molecule has 148 valence electrons. The Labute approximate surface area is 159 Å². The van der Waals surface area contributed by atoms with Crippen LogP contribution in [-0.2, 0) is 0 Å². The topological polar surface area (TPSA) is 110 Å². The zero-order chi connectivity index (χ0) is 20.8. The number of nitrogen functional groups attached to an aromatic ring is 1. The van der Waals surface area contributed by atoms with Gasteiger partial charge in [0.15, 0.2) is 0 Å². The van der Waals surface area contributed by atoms with E-state index in [1.54, 1.807) is 20.0 Å². The lowest BCUT2D eigenvalue weighted by atomic mass is 10.1. The van der Waals surface area contributed by atoms with Crippen LogP contribution in [0.2, 0.25) is 0 Å². The normalized spacial score (nSPS) is 12.2. The van der Waals surface area contributed by atoms with E-state index in [-0.39, 0.29) is 11.3 Å². The van der Waals surface area contributed by atoms with Gasteiger partial charge in [-0.3, -0.25) is 4.99 Å². The highest BCUT2D eigenvalue weighted by Gasteiger charge is 2.11. The number of aryl methyl sites for hydroxylation is 1. The molecule has 0 atom stereocenters. The average molecular weight is 364 g/mol. The predicted octanol–water partition coefficient (Wildman–Crippen LogP) is 4.35. The highest BCUT2D eigenvalue weighted by molar-refractivity contribution is 6.05. The molecular weight excluding hydrogens is 326 g/mol. The van der Waals surface area contributed by atoms with Crippen LogP contribution < -0.4 is 11.5 Å². The third-order valence-electron chi connectivity index (χ3n) is 2.69. The van der Waals surface area contributed by atoms with Gasteiger partial charge in [-0.1, -0.05) is 19.1 Å². The Hall–Kier alpha value is -2.21. The van der Waals surface area contributed by atoms with Crippen molar-refractivity contribution >= 4 is 11.5 Å². The number of nitrogens with two attached hydrogens (primary N) is 2. The van der Waals surface area contributed by atoms with Crippen molar-refractivity contribution in [2.24, 2.45) is 10.7 Å². The number of rotatable bonds is 4. The molecule has 0 aliphatic carbocycles. The van der Waals surface area contributed by atoms with Crippen LogP contribution in [0.25, 0.3) is 0 Å². The summed E-state index contributed by atoms with van der Waals surface area (Å²) in [6.45, 7) is 13.5. The third-order valence-corrected chi connectivity index (χ3v) is 2.69. The zero-order valence-electron chi connectivity index (χ0n) is 17.7. The van der Waals surface area contributed by atoms with E-state index in [4.69, 9.17) is 16.6 Å². The van der Waals surface area contributed by atoms with Gasteiger partial charge in [0.2, 0.25) is 0 Å². The van der Waals surface area contributed by atoms with E-state index in [1.807, 2.05) is 34.6 Å². The van der Waals surface area contributed by atoms with Crippen molar-refractivity contribution in [2.75, 3.05) is 12.8 Å². The van der Waals surface area contributed by atoms with Gasteiger partial charge in [-0.05, 0) is 54.0 Å². The maximum absolute atomic E-state index is 9.13. The lowest BCUT2D eigenvalue weighted by Crippen LogP contribution is -2.26. The number of allylic oxidation sites excluding steroid dienone is 4. The standard InChI is InChI=1S/C11H16N4O.C5H10.C4H11N/c1-7(16)4-5-9(13-3)10-8(2)14-6-15-11(10)12;1-3-5-4-2;1-4(2,3)5/h4,6,16H,5H2,1-3H3,(H2,12,14,15);3,5H,4H2,1-2H3;5H2,1-3H3/b7-4-,13-9?;5-3-;. The van der Waals surface area contributed by atoms with E-state index in [0.717, 1.165) is 23.4 Å². The van der Waals surface area contributed by atoms with Gasteiger partial charge >= 0.3 is 0 Å². The Morgan fingerprint density at radius 2 is 1.85 bits per heavy atom. The van der Waals surface area contributed by atoms with Crippen molar-refractivity contribution < 1.29 is 5.11 Å². The molecule has 0 aliphatic rings. The molecule has 0 saturated carbocycles. The number of anilines is 1. The molecule has 0 spiro atoms. The minimum absolute atomic E-state index is 0. The molecule has 0 radical (unpaired) electrons. The summed E-state index contributed by atoms with van der Waals surface area (Å²) in [7, 11) is 1.68. The molecule has 0 saturated heterocycles. The Morgan fingerprint density at radius 3 is 2.15 bits per heavy atom. The highest BCUT2D eigenvalue weighted by atomic mass is 16.3. The largest absolute Gasteiger partial charge is 0.513 e. The van der Waals surface area contributed by atoms with Crippen LogP contribution in [0.3, 0.4) is 0 Å². The number of aliphatic imine (C=N–C) groups is 1. The smallest absolute Gasteiger partial charge is 0.136 e. The summed E-state index contributed by atoms with van der Waals surface area (Å²) in [5, 5.41) is 9.13. The summed E-state index contributed by atoms with van der Waals surface area (Å²) in [6, 6.07) is 0. The predicted molar refractivity (Wildman–Crippen MR) is 114 cm³/mol. The molecule has 0 amide bonds. The quantitative estimate of drug-likeness (QED) is 0.418. The average Bonchev–Trinajstić information content (AvgIpc) is 2.49. The van der Waals surface area contributed by atoms with Crippen LogP contribution >= 0.6 is 0 Å². The summed E-state index contributed by atoms with van der Waals surface area (Å²) in [5.74, 6) is 0.673. The summed E-state index contributed by atoms with van der Waals surface area (Å²) < 4.78 is 0. The Kier molecular flexibility index (Phi) is 14.0. The van der Waals surface area contributed by atoms with Gasteiger partial charge in [-0.2, -0.15) is 0 Å². The van der Waals surface area contributed by atoms with E-state index in [2.05, 4.69) is 34.0 Å². The molecule has 1 aromatic heterocycles. The van der Waals surface area contributed by atoms with Gasteiger partial charge in [0, 0.05) is 19.0 Å². The Morgan fingerprint density at radius 1 is 1.31 bits per heavy atom. The van der Waals surface area contributed by atoms with E-state index >= 15 is 0 Å². The molecule has 0 aliphatic heterocycles.